The number of nitrogens with one attached hydrogen (secondary N) is 1. The van der Waals surface area contributed by atoms with Crippen LogP contribution in [0, 0.1) is 10.1 Å². The van der Waals surface area contributed by atoms with E-state index in [9.17, 15) is 14.9 Å². The number of amides is 1. The molecule has 0 spiro atoms. The summed E-state index contributed by atoms with van der Waals surface area (Å²) in [5.74, 6) is -0.125. The smallest absolute Gasteiger partial charge is 0.292 e. The van der Waals surface area contributed by atoms with Crippen LogP contribution in [0.1, 0.15) is 5.56 Å². The molecule has 3 N–H and O–H groups in total. The van der Waals surface area contributed by atoms with Crippen molar-refractivity contribution < 1.29 is 14.5 Å². The van der Waals surface area contributed by atoms with Gasteiger partial charge in [-0.25, -0.2) is 0 Å². The summed E-state index contributed by atoms with van der Waals surface area (Å²) in [6, 6.07) is 4.64. The van der Waals surface area contributed by atoms with Crippen LogP contribution in [0.15, 0.2) is 18.2 Å². The summed E-state index contributed by atoms with van der Waals surface area (Å²) in [5.41, 5.74) is 6.27. The average Bonchev–Trinajstić information content (AvgIpc) is 2.40. The van der Waals surface area contributed by atoms with Gasteiger partial charge in [-0.15, -0.1) is 0 Å². The molecule has 1 amide bonds. The number of anilines is 1. The summed E-state index contributed by atoms with van der Waals surface area (Å²) >= 11 is 0. The van der Waals surface area contributed by atoms with Gasteiger partial charge in [-0.1, -0.05) is 6.07 Å². The second-order valence-corrected chi connectivity index (χ2v) is 4.67. The van der Waals surface area contributed by atoms with Crippen LogP contribution in [0.3, 0.4) is 0 Å². The zero-order chi connectivity index (χ0) is 15.8. The quantitative estimate of drug-likeness (QED) is 0.310. The number of likely N-dealkylation sites (N-methyl/N-ethyl adjacent to an activating group) is 1. The lowest BCUT2D eigenvalue weighted by Crippen LogP contribution is -2.36. The van der Waals surface area contributed by atoms with Crippen molar-refractivity contribution in [1.29, 1.82) is 0 Å². The summed E-state index contributed by atoms with van der Waals surface area (Å²) in [5, 5.41) is 13.5. The van der Waals surface area contributed by atoms with Gasteiger partial charge in [0.05, 0.1) is 18.1 Å². The molecule has 0 saturated carbocycles. The van der Waals surface area contributed by atoms with E-state index in [2.05, 4.69) is 5.32 Å². The summed E-state index contributed by atoms with van der Waals surface area (Å²) in [4.78, 5) is 23.7. The normalized spacial score (nSPS) is 10.6. The molecule has 0 saturated heterocycles. The van der Waals surface area contributed by atoms with Crippen LogP contribution in [0.4, 0.5) is 11.4 Å². The van der Waals surface area contributed by atoms with Crippen LogP contribution in [0.2, 0.25) is 0 Å². The monoisotopic (exact) mass is 296 g/mol. The average molecular weight is 296 g/mol. The minimum Gasteiger partial charge on any atom is -0.393 e. The highest BCUT2D eigenvalue weighted by molar-refractivity contribution is 5.77. The van der Waals surface area contributed by atoms with E-state index in [4.69, 9.17) is 10.5 Å². The van der Waals surface area contributed by atoms with E-state index >= 15 is 0 Å². The molecule has 0 heterocycles. The van der Waals surface area contributed by atoms with Crippen molar-refractivity contribution in [3.05, 3.63) is 33.9 Å². The standard InChI is InChI=1S/C13H20N4O4/c1-16(9-13(18)15-5-6-21-2)8-10-3-4-11(14)12(7-10)17(19)20/h3-4,7H,5-6,8-9,14H2,1-2H3,(H,15,18). The first-order chi connectivity index (χ1) is 9.93. The van der Waals surface area contributed by atoms with Gasteiger partial charge in [0.25, 0.3) is 5.69 Å². The summed E-state index contributed by atoms with van der Waals surface area (Å²) in [6.45, 7) is 1.52. The largest absolute Gasteiger partial charge is 0.393 e. The van der Waals surface area contributed by atoms with Gasteiger partial charge in [0.1, 0.15) is 5.69 Å². The topological polar surface area (TPSA) is 111 Å². The molecule has 116 valence electrons. The molecule has 0 aliphatic carbocycles. The molecule has 8 heteroatoms. The fraction of sp³-hybridized carbons (Fsp3) is 0.462. The van der Waals surface area contributed by atoms with Crippen molar-refractivity contribution in [2.24, 2.45) is 0 Å². The second-order valence-electron chi connectivity index (χ2n) is 4.67. The molecule has 1 aromatic rings. The molecule has 0 aliphatic heterocycles. The number of hydrogen-bond donors (Lipinski definition) is 2. The fourth-order valence-electron chi connectivity index (χ4n) is 1.81. The first kappa shape index (κ1) is 16.9. The predicted octanol–water partition coefficient (Wildman–Crippen LogP) is 0.371. The molecule has 21 heavy (non-hydrogen) atoms. The first-order valence-electron chi connectivity index (χ1n) is 6.41. The highest BCUT2D eigenvalue weighted by Crippen LogP contribution is 2.22. The van der Waals surface area contributed by atoms with Gasteiger partial charge in [-0.3, -0.25) is 19.8 Å². The van der Waals surface area contributed by atoms with Crippen LogP contribution in [0.5, 0.6) is 0 Å². The van der Waals surface area contributed by atoms with E-state index in [1.165, 1.54) is 12.1 Å². The Morgan fingerprint density at radius 1 is 1.52 bits per heavy atom. The number of nitrogens with zero attached hydrogens (tertiary/aromatic N) is 2. The fourth-order valence-corrected chi connectivity index (χ4v) is 1.81. The van der Waals surface area contributed by atoms with Crippen molar-refractivity contribution in [2.75, 3.05) is 39.6 Å². The maximum atomic E-state index is 11.6. The molecule has 8 nitrogen and oxygen atoms in total. The lowest BCUT2D eigenvalue weighted by atomic mass is 10.1. The Morgan fingerprint density at radius 3 is 2.86 bits per heavy atom. The van der Waals surface area contributed by atoms with E-state index in [0.29, 0.717) is 19.7 Å². The number of benzene rings is 1. The highest BCUT2D eigenvalue weighted by Gasteiger charge is 2.13. The second kappa shape index (κ2) is 8.18. The predicted molar refractivity (Wildman–Crippen MR) is 78.7 cm³/mol. The van der Waals surface area contributed by atoms with Gasteiger partial charge in [0.2, 0.25) is 5.91 Å². The number of nitro benzene ring substituents is 1. The van der Waals surface area contributed by atoms with Crippen molar-refractivity contribution in [3.8, 4) is 0 Å². The van der Waals surface area contributed by atoms with Gasteiger partial charge in [-0.05, 0) is 18.7 Å². The third-order valence-corrected chi connectivity index (χ3v) is 2.79. The number of carbonyl (C=O) groups is 1. The van der Waals surface area contributed by atoms with Gasteiger partial charge in [0.15, 0.2) is 0 Å². The lowest BCUT2D eigenvalue weighted by Gasteiger charge is -2.16. The summed E-state index contributed by atoms with van der Waals surface area (Å²) < 4.78 is 4.84. The number of nitro groups is 1. The van der Waals surface area contributed by atoms with Crippen LogP contribution in [-0.2, 0) is 16.1 Å². The zero-order valence-electron chi connectivity index (χ0n) is 12.2. The van der Waals surface area contributed by atoms with Crippen molar-refractivity contribution >= 4 is 17.3 Å². The van der Waals surface area contributed by atoms with E-state index in [1.54, 1.807) is 25.1 Å². The Hall–Kier alpha value is -2.19. The lowest BCUT2D eigenvalue weighted by molar-refractivity contribution is -0.384. The van der Waals surface area contributed by atoms with Gasteiger partial charge in [-0.2, -0.15) is 0 Å². The Labute approximate surface area is 123 Å². The van der Waals surface area contributed by atoms with Gasteiger partial charge >= 0.3 is 0 Å². The van der Waals surface area contributed by atoms with Crippen LogP contribution >= 0.6 is 0 Å². The number of nitrogens with two attached hydrogens (primary N) is 1. The number of hydrogen-bond acceptors (Lipinski definition) is 6. The van der Waals surface area contributed by atoms with Crippen LogP contribution in [-0.4, -0.2) is 49.6 Å². The van der Waals surface area contributed by atoms with Crippen molar-refractivity contribution in [2.45, 2.75) is 6.54 Å². The summed E-state index contributed by atoms with van der Waals surface area (Å²) in [6.07, 6.45) is 0. The molecular weight excluding hydrogens is 276 g/mol. The molecule has 0 unspecified atom stereocenters. The zero-order valence-corrected chi connectivity index (χ0v) is 12.2. The molecule has 0 atom stereocenters. The molecule has 0 aliphatic rings. The van der Waals surface area contributed by atoms with E-state index < -0.39 is 4.92 Å². The number of rotatable bonds is 8. The third kappa shape index (κ3) is 5.76. The molecule has 0 bridgehead atoms. The Morgan fingerprint density at radius 2 is 2.24 bits per heavy atom. The molecular formula is C13H20N4O4. The van der Waals surface area contributed by atoms with E-state index in [1.807, 2.05) is 0 Å². The van der Waals surface area contributed by atoms with Crippen molar-refractivity contribution in [1.82, 2.24) is 10.2 Å². The molecule has 1 rings (SSSR count). The molecule has 0 aromatic heterocycles. The highest BCUT2D eigenvalue weighted by atomic mass is 16.6. The Balaban J connectivity index is 2.54. The molecule has 0 fully saturated rings. The first-order valence-corrected chi connectivity index (χ1v) is 6.41. The molecule has 1 aromatic carbocycles. The number of carbonyl (C=O) groups excluding carboxylic acids is 1. The minimum absolute atomic E-state index is 0.120. The number of methoxy groups -OCH3 is 1. The van der Waals surface area contributed by atoms with E-state index in [-0.39, 0.29) is 23.8 Å². The summed E-state index contributed by atoms with van der Waals surface area (Å²) in [7, 11) is 3.32. The molecule has 0 radical (unpaired) electrons. The van der Waals surface area contributed by atoms with Crippen LogP contribution in [0.25, 0.3) is 0 Å². The Kier molecular flexibility index (Phi) is 6.57. The van der Waals surface area contributed by atoms with Gasteiger partial charge in [0, 0.05) is 26.3 Å². The third-order valence-electron chi connectivity index (χ3n) is 2.79. The SMILES string of the molecule is COCCNC(=O)CN(C)Cc1ccc(N)c([N+](=O)[O-])c1. The van der Waals surface area contributed by atoms with Gasteiger partial charge < -0.3 is 15.8 Å². The number of nitrogen functional groups attached to an aromatic ring is 1. The van der Waals surface area contributed by atoms with E-state index in [0.717, 1.165) is 5.56 Å². The Bertz CT molecular complexity index is 507. The maximum absolute atomic E-state index is 11.6. The maximum Gasteiger partial charge on any atom is 0.292 e. The van der Waals surface area contributed by atoms with Crippen LogP contribution < -0.4 is 11.1 Å². The number of ether oxygens (including phenoxy) is 1. The minimum atomic E-state index is -0.518. The van der Waals surface area contributed by atoms with Crippen molar-refractivity contribution in [3.63, 3.8) is 0 Å².